The van der Waals surface area contributed by atoms with Crippen molar-refractivity contribution in [2.24, 2.45) is 0 Å². The first kappa shape index (κ1) is 17.4. The van der Waals surface area contributed by atoms with E-state index in [1.165, 1.54) is 21.3 Å². The van der Waals surface area contributed by atoms with Crippen LogP contribution in [0.3, 0.4) is 0 Å². The van der Waals surface area contributed by atoms with Crippen molar-refractivity contribution >= 4 is 0 Å². The number of hydrogen-bond donors (Lipinski definition) is 1. The van der Waals surface area contributed by atoms with Gasteiger partial charge in [-0.1, -0.05) is 0 Å². The Morgan fingerprint density at radius 3 is 2.10 bits per heavy atom. The van der Waals surface area contributed by atoms with E-state index in [0.717, 1.165) is 0 Å². The van der Waals surface area contributed by atoms with Gasteiger partial charge in [-0.25, -0.2) is 0 Å². The van der Waals surface area contributed by atoms with E-state index in [0.29, 0.717) is 22.8 Å². The lowest BCUT2D eigenvalue weighted by atomic mass is 10.00. The second kappa shape index (κ2) is 7.40. The fraction of sp³-hybridized carbons (Fsp3) is 0.571. The molecule has 7 heteroatoms. The zero-order valence-electron chi connectivity index (χ0n) is 12.5. The molecule has 0 saturated carbocycles. The molecule has 1 aromatic rings. The molecule has 1 rings (SSSR count). The normalized spacial score (nSPS) is 12.9. The summed E-state index contributed by atoms with van der Waals surface area (Å²) in [6.07, 6.45) is -5.17. The summed E-state index contributed by atoms with van der Waals surface area (Å²) in [5, 5.41) is 2.88. The van der Waals surface area contributed by atoms with Crippen molar-refractivity contribution < 1.29 is 27.4 Å². The molecular formula is C14H20F3NO3. The van der Waals surface area contributed by atoms with Gasteiger partial charge in [0.1, 0.15) is 0 Å². The van der Waals surface area contributed by atoms with E-state index in [-0.39, 0.29) is 6.42 Å². The van der Waals surface area contributed by atoms with Gasteiger partial charge < -0.3 is 19.5 Å². The van der Waals surface area contributed by atoms with E-state index in [9.17, 15) is 13.2 Å². The van der Waals surface area contributed by atoms with Gasteiger partial charge in [0.05, 0.1) is 21.3 Å². The molecule has 0 radical (unpaired) electrons. The summed E-state index contributed by atoms with van der Waals surface area (Å²) in [4.78, 5) is 0. The molecule has 120 valence electrons. The number of rotatable bonds is 7. The van der Waals surface area contributed by atoms with Crippen molar-refractivity contribution in [3.05, 3.63) is 17.7 Å². The zero-order valence-corrected chi connectivity index (χ0v) is 12.5. The highest BCUT2D eigenvalue weighted by Gasteiger charge is 2.30. The molecule has 0 fully saturated rings. The fourth-order valence-corrected chi connectivity index (χ4v) is 2.16. The molecule has 0 aliphatic heterocycles. The Morgan fingerprint density at radius 2 is 1.67 bits per heavy atom. The van der Waals surface area contributed by atoms with Crippen molar-refractivity contribution in [1.82, 2.24) is 5.32 Å². The molecule has 0 aliphatic rings. The van der Waals surface area contributed by atoms with Gasteiger partial charge in [0, 0.05) is 18.0 Å². The molecule has 0 heterocycles. The van der Waals surface area contributed by atoms with Gasteiger partial charge in [-0.05, 0) is 25.6 Å². The zero-order chi connectivity index (χ0) is 16.0. The van der Waals surface area contributed by atoms with Crippen LogP contribution in [0.25, 0.3) is 0 Å². The smallest absolute Gasteiger partial charge is 0.389 e. The number of methoxy groups -OCH3 is 3. The van der Waals surface area contributed by atoms with Gasteiger partial charge in [-0.2, -0.15) is 13.2 Å². The molecule has 1 unspecified atom stereocenters. The minimum atomic E-state index is -4.20. The summed E-state index contributed by atoms with van der Waals surface area (Å²) in [6.45, 7) is 0. The molecule has 4 nitrogen and oxygen atoms in total. The van der Waals surface area contributed by atoms with E-state index >= 15 is 0 Å². The summed E-state index contributed by atoms with van der Waals surface area (Å²) < 4.78 is 52.9. The molecule has 0 amide bonds. The Hall–Kier alpha value is -1.63. The molecule has 0 saturated heterocycles. The van der Waals surface area contributed by atoms with Crippen LogP contribution in [-0.4, -0.2) is 34.6 Å². The van der Waals surface area contributed by atoms with Crippen LogP contribution in [0.2, 0.25) is 0 Å². The summed E-state index contributed by atoms with van der Waals surface area (Å²) in [6, 6.07) is 2.83. The van der Waals surface area contributed by atoms with Gasteiger partial charge >= 0.3 is 6.18 Å². The summed E-state index contributed by atoms with van der Waals surface area (Å²) in [5.41, 5.74) is 0.599. The lowest BCUT2D eigenvalue weighted by Crippen LogP contribution is -2.20. The molecule has 0 aliphatic carbocycles. The molecule has 1 aromatic carbocycles. The van der Waals surface area contributed by atoms with Crippen molar-refractivity contribution in [3.63, 3.8) is 0 Å². The second-order valence-electron chi connectivity index (χ2n) is 4.42. The van der Waals surface area contributed by atoms with E-state index in [1.54, 1.807) is 19.2 Å². The molecule has 0 bridgehead atoms. The summed E-state index contributed by atoms with van der Waals surface area (Å²) >= 11 is 0. The van der Waals surface area contributed by atoms with Gasteiger partial charge in [-0.3, -0.25) is 0 Å². The van der Waals surface area contributed by atoms with Gasteiger partial charge in [0.25, 0.3) is 0 Å². The van der Waals surface area contributed by atoms with Crippen LogP contribution >= 0.6 is 0 Å². The molecule has 1 N–H and O–H groups in total. The average molecular weight is 307 g/mol. The number of benzene rings is 1. The predicted molar refractivity (Wildman–Crippen MR) is 73.2 cm³/mol. The number of halogens is 3. The Bertz CT molecular complexity index is 464. The van der Waals surface area contributed by atoms with E-state index in [4.69, 9.17) is 14.2 Å². The number of hydrogen-bond acceptors (Lipinski definition) is 4. The van der Waals surface area contributed by atoms with Crippen molar-refractivity contribution in [2.45, 2.75) is 25.1 Å². The maximum Gasteiger partial charge on any atom is 0.389 e. The number of ether oxygens (including phenoxy) is 3. The fourth-order valence-electron chi connectivity index (χ4n) is 2.16. The SMILES string of the molecule is CNC(CCC(F)(F)F)c1ccc(OC)c(OC)c1OC. The van der Waals surface area contributed by atoms with Crippen molar-refractivity contribution in [3.8, 4) is 17.2 Å². The largest absolute Gasteiger partial charge is 0.493 e. The minimum Gasteiger partial charge on any atom is -0.493 e. The van der Waals surface area contributed by atoms with Crippen LogP contribution in [0.4, 0.5) is 13.2 Å². The van der Waals surface area contributed by atoms with Gasteiger partial charge in [-0.15, -0.1) is 0 Å². The summed E-state index contributed by atoms with van der Waals surface area (Å²) in [7, 11) is 5.99. The predicted octanol–water partition coefficient (Wildman–Crippen LogP) is 3.32. The van der Waals surface area contributed by atoms with E-state index in [1.807, 2.05) is 0 Å². The average Bonchev–Trinajstić information content (AvgIpc) is 2.45. The Kier molecular flexibility index (Phi) is 6.14. The van der Waals surface area contributed by atoms with E-state index in [2.05, 4.69) is 5.32 Å². The Morgan fingerprint density at radius 1 is 1.05 bits per heavy atom. The third-order valence-corrected chi connectivity index (χ3v) is 3.18. The summed E-state index contributed by atoms with van der Waals surface area (Å²) in [5.74, 6) is 1.20. The highest BCUT2D eigenvalue weighted by atomic mass is 19.4. The standard InChI is InChI=1S/C14H20F3NO3/c1-18-10(7-8-14(15,16)17)9-5-6-11(19-2)13(21-4)12(9)20-3/h5-6,10,18H,7-8H2,1-4H3. The number of nitrogens with one attached hydrogen (secondary N) is 1. The quantitative estimate of drug-likeness (QED) is 0.839. The topological polar surface area (TPSA) is 39.7 Å². The van der Waals surface area contributed by atoms with Crippen LogP contribution in [0.15, 0.2) is 12.1 Å². The van der Waals surface area contributed by atoms with Crippen molar-refractivity contribution in [1.29, 1.82) is 0 Å². The lowest BCUT2D eigenvalue weighted by molar-refractivity contribution is -0.136. The van der Waals surface area contributed by atoms with E-state index < -0.39 is 18.6 Å². The molecule has 21 heavy (non-hydrogen) atoms. The van der Waals surface area contributed by atoms with Gasteiger partial charge in [0.15, 0.2) is 11.5 Å². The third kappa shape index (κ3) is 4.42. The first-order chi connectivity index (χ1) is 9.87. The molecule has 0 spiro atoms. The van der Waals surface area contributed by atoms with Gasteiger partial charge in [0.2, 0.25) is 5.75 Å². The van der Waals surface area contributed by atoms with Crippen LogP contribution < -0.4 is 19.5 Å². The van der Waals surface area contributed by atoms with Crippen LogP contribution in [0.5, 0.6) is 17.2 Å². The van der Waals surface area contributed by atoms with Crippen LogP contribution in [0, 0.1) is 0 Å². The lowest BCUT2D eigenvalue weighted by Gasteiger charge is -2.22. The highest BCUT2D eigenvalue weighted by Crippen LogP contribution is 2.43. The minimum absolute atomic E-state index is 0.0914. The highest BCUT2D eigenvalue weighted by molar-refractivity contribution is 5.56. The first-order valence-electron chi connectivity index (χ1n) is 6.40. The maximum absolute atomic E-state index is 12.4. The monoisotopic (exact) mass is 307 g/mol. The maximum atomic E-state index is 12.4. The number of alkyl halides is 3. The molecular weight excluding hydrogens is 287 g/mol. The molecule has 1 atom stereocenters. The Balaban J connectivity index is 3.14. The Labute approximate surface area is 122 Å². The molecule has 0 aromatic heterocycles. The van der Waals surface area contributed by atoms with Crippen LogP contribution in [-0.2, 0) is 0 Å². The second-order valence-corrected chi connectivity index (χ2v) is 4.42. The van der Waals surface area contributed by atoms with Crippen molar-refractivity contribution in [2.75, 3.05) is 28.4 Å². The third-order valence-electron chi connectivity index (χ3n) is 3.18. The first-order valence-corrected chi connectivity index (χ1v) is 6.40. The van der Waals surface area contributed by atoms with Crippen LogP contribution in [0.1, 0.15) is 24.4 Å².